The number of aliphatic hydroxyl groups is 1. The fraction of sp³-hybridized carbons (Fsp3) is 0.303. The number of aromatic nitrogens is 1. The first-order chi connectivity index (χ1) is 17.8. The molecule has 1 heterocycles. The second kappa shape index (κ2) is 13.2. The van der Waals surface area contributed by atoms with Crippen LogP contribution in [0.15, 0.2) is 78.9 Å². The van der Waals surface area contributed by atoms with Gasteiger partial charge in [0.05, 0.1) is 16.8 Å². The van der Waals surface area contributed by atoms with Gasteiger partial charge in [-0.2, -0.15) is 11.8 Å². The van der Waals surface area contributed by atoms with Crippen molar-refractivity contribution in [2.75, 3.05) is 5.75 Å². The van der Waals surface area contributed by atoms with Crippen molar-refractivity contribution in [1.82, 2.24) is 4.98 Å². The van der Waals surface area contributed by atoms with E-state index < -0.39 is 5.60 Å². The molecule has 2 nitrogen and oxygen atoms in total. The first-order valence-electron chi connectivity index (χ1n) is 13.1. The summed E-state index contributed by atoms with van der Waals surface area (Å²) in [5.41, 5.74) is 5.81. The van der Waals surface area contributed by atoms with Crippen LogP contribution in [-0.4, -0.2) is 45.4 Å². The van der Waals surface area contributed by atoms with Crippen LogP contribution in [-0.2, 0) is 12.0 Å². The summed E-state index contributed by atoms with van der Waals surface area (Å²) in [7, 11) is 0. The first-order valence-corrected chi connectivity index (χ1v) is 14.5. The number of hydrogen-bond donors (Lipinski definition) is 1. The number of pyridine rings is 1. The number of hydrogen-bond acceptors (Lipinski definition) is 3. The van der Waals surface area contributed by atoms with Crippen molar-refractivity contribution >= 4 is 76.0 Å². The molecule has 0 unspecified atom stereocenters. The van der Waals surface area contributed by atoms with E-state index in [-0.39, 0.29) is 29.6 Å². The van der Waals surface area contributed by atoms with Crippen LogP contribution in [0.3, 0.4) is 0 Å². The number of halogens is 1. The Kier molecular flexibility index (Phi) is 10.2. The average Bonchev–Trinajstić information content (AvgIpc) is 3.72. The van der Waals surface area contributed by atoms with Crippen molar-refractivity contribution in [3.05, 3.63) is 112 Å². The number of thioether (sulfide) groups is 1. The number of benzene rings is 3. The van der Waals surface area contributed by atoms with Gasteiger partial charge in [-0.25, -0.2) is 4.98 Å². The molecule has 1 fully saturated rings. The van der Waals surface area contributed by atoms with Gasteiger partial charge < -0.3 is 5.11 Å². The van der Waals surface area contributed by atoms with E-state index in [1.54, 1.807) is 0 Å². The Hall–Kier alpha value is -1.59. The second-order valence-electron chi connectivity index (χ2n) is 10.6. The van der Waals surface area contributed by atoms with Crippen molar-refractivity contribution in [1.29, 1.82) is 0 Å². The van der Waals surface area contributed by atoms with Crippen molar-refractivity contribution in [2.45, 2.75) is 50.4 Å². The molecular weight excluding hydrogens is 517 g/mol. The van der Waals surface area contributed by atoms with Crippen LogP contribution in [0.2, 0.25) is 5.02 Å². The Labute approximate surface area is 258 Å². The van der Waals surface area contributed by atoms with E-state index in [1.807, 2.05) is 44.2 Å². The van der Waals surface area contributed by atoms with Gasteiger partial charge in [0.2, 0.25) is 0 Å². The zero-order valence-corrected chi connectivity index (χ0v) is 23.1. The van der Waals surface area contributed by atoms with Gasteiger partial charge in [0, 0.05) is 15.7 Å². The fourth-order valence-corrected chi connectivity index (χ4v) is 6.38. The summed E-state index contributed by atoms with van der Waals surface area (Å²) in [5, 5.41) is 12.9. The van der Waals surface area contributed by atoms with E-state index in [4.69, 9.17) is 16.6 Å². The van der Waals surface area contributed by atoms with Crippen LogP contribution in [0.25, 0.3) is 23.1 Å². The maximum absolute atomic E-state index is 10.7. The molecule has 0 saturated heterocycles. The molecule has 1 aliphatic carbocycles. The number of fused-ring (bicyclic) bond motifs is 1. The van der Waals surface area contributed by atoms with Crippen molar-refractivity contribution in [3.63, 3.8) is 0 Å². The summed E-state index contributed by atoms with van der Waals surface area (Å²) >= 11 is 8.26. The molecular formula is C33H35ClNNaOS. The summed E-state index contributed by atoms with van der Waals surface area (Å²) < 4.78 is 0. The van der Waals surface area contributed by atoms with Crippen molar-refractivity contribution in [2.24, 2.45) is 5.92 Å². The fourth-order valence-electron chi connectivity index (χ4n) is 4.75. The third kappa shape index (κ3) is 7.97. The first kappa shape index (κ1) is 29.4. The number of rotatable bonds is 10. The average molecular weight is 552 g/mol. The van der Waals surface area contributed by atoms with E-state index in [9.17, 15) is 5.11 Å². The van der Waals surface area contributed by atoms with Crippen LogP contribution in [0.5, 0.6) is 0 Å². The molecule has 1 saturated carbocycles. The molecule has 0 aliphatic heterocycles. The molecule has 4 aromatic rings. The summed E-state index contributed by atoms with van der Waals surface area (Å²) in [4.78, 5) is 4.76. The molecule has 1 atom stereocenters. The van der Waals surface area contributed by atoms with E-state index in [2.05, 4.69) is 72.4 Å². The minimum absolute atomic E-state index is 0. The predicted molar refractivity (Wildman–Crippen MR) is 167 cm³/mol. The molecule has 0 spiro atoms. The minimum atomic E-state index is -0.833. The molecule has 0 radical (unpaired) electrons. The van der Waals surface area contributed by atoms with Crippen LogP contribution in [0.4, 0.5) is 0 Å². The van der Waals surface area contributed by atoms with Gasteiger partial charge in [-0.05, 0) is 97.7 Å². The van der Waals surface area contributed by atoms with Gasteiger partial charge in [-0.15, -0.1) is 0 Å². The van der Waals surface area contributed by atoms with E-state index >= 15 is 0 Å². The second-order valence-corrected chi connectivity index (χ2v) is 12.3. The van der Waals surface area contributed by atoms with Gasteiger partial charge in [-0.1, -0.05) is 78.3 Å². The summed E-state index contributed by atoms with van der Waals surface area (Å²) in [6.07, 6.45) is 8.96. The summed E-state index contributed by atoms with van der Waals surface area (Å²) in [6, 6.07) is 27.2. The third-order valence-electron chi connectivity index (χ3n) is 6.99. The monoisotopic (exact) mass is 551 g/mol. The zero-order chi connectivity index (χ0) is 25.8. The predicted octanol–water partition coefficient (Wildman–Crippen LogP) is 8.45. The molecule has 5 heteroatoms. The van der Waals surface area contributed by atoms with Gasteiger partial charge in [-0.3, -0.25) is 0 Å². The van der Waals surface area contributed by atoms with Crippen molar-refractivity contribution in [3.8, 4) is 0 Å². The molecule has 1 aromatic heterocycles. The zero-order valence-electron chi connectivity index (χ0n) is 21.5. The molecule has 192 valence electrons. The Morgan fingerprint density at radius 2 is 1.79 bits per heavy atom. The molecule has 1 N–H and O–H groups in total. The quantitative estimate of drug-likeness (QED) is 0.201. The molecule has 3 aromatic carbocycles. The Morgan fingerprint density at radius 3 is 2.58 bits per heavy atom. The molecule has 1 aliphatic rings. The van der Waals surface area contributed by atoms with Gasteiger partial charge in [0.15, 0.2) is 0 Å². The van der Waals surface area contributed by atoms with E-state index in [0.29, 0.717) is 10.3 Å². The number of aryl methyl sites for hydroxylation is 1. The molecule has 5 rings (SSSR count). The Morgan fingerprint density at radius 1 is 1.00 bits per heavy atom. The molecule has 0 bridgehead atoms. The topological polar surface area (TPSA) is 33.1 Å². The van der Waals surface area contributed by atoms with Crippen LogP contribution in [0, 0.1) is 5.92 Å². The summed E-state index contributed by atoms with van der Waals surface area (Å²) in [6.45, 7) is 3.75. The maximum atomic E-state index is 10.7. The van der Waals surface area contributed by atoms with E-state index in [0.717, 1.165) is 40.9 Å². The molecule has 0 amide bonds. The normalized spacial score (nSPS) is 14.5. The third-order valence-corrected chi connectivity index (χ3v) is 8.80. The SMILES string of the molecule is CC(C)(O)c1ccccc1CC[C@@H](SCC1CC1)c1cccc(C=Cc2ccc3ccc(Cl)cc3n2)c1.[NaH]. The summed E-state index contributed by atoms with van der Waals surface area (Å²) in [5.74, 6) is 2.10. The van der Waals surface area contributed by atoms with Crippen LogP contribution >= 0.6 is 23.4 Å². The van der Waals surface area contributed by atoms with Crippen LogP contribution in [0.1, 0.15) is 66.3 Å². The van der Waals surface area contributed by atoms with Gasteiger partial charge in [0.25, 0.3) is 0 Å². The van der Waals surface area contributed by atoms with Gasteiger partial charge >= 0.3 is 29.6 Å². The standard InChI is InChI=1S/C33H34ClNOS.Na.H/c1-33(2,36)30-9-4-3-7-25(30)15-19-32(37-22-24-10-11-24)27-8-5-6-23(20-27)12-17-29-18-14-26-13-16-28(34)21-31(26)35-29;;/h3-9,12-14,16-18,20-21,24,32,36H,10-11,15,19,22H2,1-2H3;;/t32-;;/m1../s1. The van der Waals surface area contributed by atoms with Gasteiger partial charge in [0.1, 0.15) is 0 Å². The van der Waals surface area contributed by atoms with E-state index in [1.165, 1.54) is 35.3 Å². The molecule has 38 heavy (non-hydrogen) atoms. The Balaban J connectivity index is 0.00000336. The van der Waals surface area contributed by atoms with Crippen molar-refractivity contribution < 1.29 is 5.11 Å². The Bertz CT molecular complexity index is 1410. The van der Waals surface area contributed by atoms with Crippen LogP contribution < -0.4 is 0 Å². The number of nitrogens with zero attached hydrogens (tertiary/aromatic N) is 1.